The number of amides is 3. The summed E-state index contributed by atoms with van der Waals surface area (Å²) in [5, 5.41) is 7.24. The number of hydrogen-bond donors (Lipinski definition) is 3. The third-order valence-electron chi connectivity index (χ3n) is 5.17. The van der Waals surface area contributed by atoms with Crippen LogP contribution in [-0.4, -0.2) is 23.8 Å². The van der Waals surface area contributed by atoms with Gasteiger partial charge in [-0.2, -0.15) is 0 Å². The Hall–Kier alpha value is -4.29. The van der Waals surface area contributed by atoms with E-state index in [1.807, 2.05) is 72.8 Å². The van der Waals surface area contributed by atoms with Crippen molar-refractivity contribution < 1.29 is 19.7 Å². The van der Waals surface area contributed by atoms with Crippen molar-refractivity contribution in [1.29, 1.82) is 0 Å². The number of nitrogens with one attached hydrogen (secondary N) is 2. The Morgan fingerprint density at radius 2 is 1.39 bits per heavy atom. The number of quaternary nitrogens is 1. The van der Waals surface area contributed by atoms with E-state index >= 15 is 0 Å². The van der Waals surface area contributed by atoms with Gasteiger partial charge in [0.05, 0.1) is 11.6 Å². The Labute approximate surface area is 192 Å². The molecule has 0 bridgehead atoms. The molecule has 0 fully saturated rings. The minimum absolute atomic E-state index is 0.140. The fraction of sp³-hybridized carbons (Fsp3) is 0.0741. The summed E-state index contributed by atoms with van der Waals surface area (Å²) in [7, 11) is 0. The predicted octanol–water partition coefficient (Wildman–Crippen LogP) is 3.59. The molecule has 6 nitrogen and oxygen atoms in total. The summed E-state index contributed by atoms with van der Waals surface area (Å²) in [6, 6.07) is 22.6. The third kappa shape index (κ3) is 5.90. The molecule has 3 amide bonds. The van der Waals surface area contributed by atoms with Gasteiger partial charge in [0, 0.05) is 16.8 Å². The quantitative estimate of drug-likeness (QED) is 0.514. The highest BCUT2D eigenvalue weighted by atomic mass is 16.2. The van der Waals surface area contributed by atoms with Crippen LogP contribution in [0.25, 0.3) is 0 Å². The normalized spacial score (nSPS) is 14.5. The van der Waals surface area contributed by atoms with E-state index in [4.69, 9.17) is 0 Å². The number of carbonyl (C=O) groups excluding carboxylic acids is 3. The molecule has 1 unspecified atom stereocenters. The van der Waals surface area contributed by atoms with Gasteiger partial charge in [0.25, 0.3) is 11.8 Å². The van der Waals surface area contributed by atoms with Gasteiger partial charge < -0.3 is 10.6 Å². The first-order valence-electron chi connectivity index (χ1n) is 10.7. The van der Waals surface area contributed by atoms with Gasteiger partial charge in [-0.05, 0) is 48.9 Å². The molecule has 6 heteroatoms. The Bertz CT molecular complexity index is 1150. The average molecular weight is 439 g/mol. The summed E-state index contributed by atoms with van der Waals surface area (Å²) in [5.74, 6) is -1.03. The summed E-state index contributed by atoms with van der Waals surface area (Å²) < 4.78 is 0. The highest BCUT2D eigenvalue weighted by molar-refractivity contribution is 6.08. The molecule has 1 aliphatic rings. The van der Waals surface area contributed by atoms with Crippen molar-refractivity contribution in [2.75, 3.05) is 5.32 Å². The fourth-order valence-corrected chi connectivity index (χ4v) is 3.48. The van der Waals surface area contributed by atoms with Crippen LogP contribution < -0.4 is 16.0 Å². The van der Waals surface area contributed by atoms with Crippen molar-refractivity contribution in [3.63, 3.8) is 0 Å². The van der Waals surface area contributed by atoms with E-state index < -0.39 is 5.91 Å². The first kappa shape index (κ1) is 21.9. The van der Waals surface area contributed by atoms with Crippen LogP contribution in [0, 0.1) is 0 Å². The number of hydrogen-bond acceptors (Lipinski definition) is 3. The number of carbonyl (C=O) groups is 3. The molecule has 1 aliphatic carbocycles. The summed E-state index contributed by atoms with van der Waals surface area (Å²) in [4.78, 5) is 38.9. The molecule has 164 valence electrons. The van der Waals surface area contributed by atoms with Gasteiger partial charge in [-0.3, -0.25) is 9.59 Å². The van der Waals surface area contributed by atoms with E-state index in [9.17, 15) is 14.4 Å². The Kier molecular flexibility index (Phi) is 6.87. The predicted molar refractivity (Wildman–Crippen MR) is 127 cm³/mol. The van der Waals surface area contributed by atoms with Gasteiger partial charge in [0.1, 0.15) is 5.69 Å². The van der Waals surface area contributed by atoms with Gasteiger partial charge in [0.2, 0.25) is 0 Å². The second-order valence-electron chi connectivity index (χ2n) is 7.67. The largest absolute Gasteiger partial charge is 0.347 e. The molecule has 0 aliphatic heterocycles. The molecule has 0 aromatic heterocycles. The maximum absolute atomic E-state index is 13.0. The zero-order chi connectivity index (χ0) is 23.0. The second kappa shape index (κ2) is 10.3. The number of anilines is 1. The molecule has 1 atom stereocenters. The molecule has 0 heterocycles. The van der Waals surface area contributed by atoms with Crippen LogP contribution >= 0.6 is 0 Å². The number of primary amides is 1. The van der Waals surface area contributed by atoms with Gasteiger partial charge >= 0.3 is 5.91 Å². The molecule has 4 rings (SSSR count). The van der Waals surface area contributed by atoms with Crippen molar-refractivity contribution >= 4 is 29.1 Å². The smallest absolute Gasteiger partial charge is 0.346 e. The lowest BCUT2D eigenvalue weighted by Crippen LogP contribution is -2.82. The third-order valence-corrected chi connectivity index (χ3v) is 5.17. The molecule has 33 heavy (non-hydrogen) atoms. The first-order chi connectivity index (χ1) is 16.1. The van der Waals surface area contributed by atoms with Gasteiger partial charge in [0.15, 0.2) is 0 Å². The highest BCUT2D eigenvalue weighted by Crippen LogP contribution is 2.15. The van der Waals surface area contributed by atoms with Crippen LogP contribution in [-0.2, 0) is 0 Å². The van der Waals surface area contributed by atoms with E-state index in [1.54, 1.807) is 12.1 Å². The van der Waals surface area contributed by atoms with E-state index in [1.165, 1.54) is 23.5 Å². The van der Waals surface area contributed by atoms with Crippen molar-refractivity contribution in [3.05, 3.63) is 120 Å². The monoisotopic (exact) mass is 438 g/mol. The highest BCUT2D eigenvalue weighted by Gasteiger charge is 2.20. The van der Waals surface area contributed by atoms with Crippen LogP contribution in [0.4, 0.5) is 11.4 Å². The number of para-hydroxylation sites is 2. The van der Waals surface area contributed by atoms with E-state index in [0.717, 1.165) is 5.69 Å². The number of benzene rings is 3. The topological polar surface area (TPSA) is 91.9 Å². The second-order valence-corrected chi connectivity index (χ2v) is 7.67. The zero-order valence-electron chi connectivity index (χ0n) is 17.9. The Balaban J connectivity index is 1.62. The standard InChI is InChI=1S/C27H23N3O3/c31-25(28-22-10-4-1-5-11-22)19-16-20(26(32)29-23-12-6-2-7-13-23)18-21(17-19)27(33)30-24-14-8-3-9-15-24/h1-14,16-18,24H,15H2,(H,28,31)(H,29,32)(H,30,33)/p+1. The minimum atomic E-state index is -0.398. The van der Waals surface area contributed by atoms with E-state index in [2.05, 4.69) is 10.6 Å². The molecule has 0 radical (unpaired) electrons. The summed E-state index contributed by atoms with van der Waals surface area (Å²) in [5.41, 5.74) is 2.12. The van der Waals surface area contributed by atoms with Crippen LogP contribution in [0.3, 0.4) is 0 Å². The van der Waals surface area contributed by atoms with Gasteiger partial charge in [-0.25, -0.2) is 10.1 Å². The Morgan fingerprint density at radius 1 is 0.758 bits per heavy atom. The molecule has 4 N–H and O–H groups in total. The van der Waals surface area contributed by atoms with Gasteiger partial charge in [-0.15, -0.1) is 0 Å². The maximum atomic E-state index is 13.0. The van der Waals surface area contributed by atoms with Crippen LogP contribution in [0.1, 0.15) is 37.5 Å². The van der Waals surface area contributed by atoms with Crippen molar-refractivity contribution in [3.8, 4) is 0 Å². The summed E-state index contributed by atoms with van der Waals surface area (Å²) in [6.45, 7) is 0. The average Bonchev–Trinajstić information content (AvgIpc) is 2.85. The maximum Gasteiger partial charge on any atom is 0.347 e. The minimum Gasteiger partial charge on any atom is -0.346 e. The van der Waals surface area contributed by atoms with Crippen molar-refractivity contribution in [2.45, 2.75) is 12.5 Å². The molecule has 0 saturated heterocycles. The van der Waals surface area contributed by atoms with Crippen LogP contribution in [0.5, 0.6) is 0 Å². The van der Waals surface area contributed by atoms with Crippen LogP contribution in [0.15, 0.2) is 103 Å². The lowest BCUT2D eigenvalue weighted by atomic mass is 10.0. The fourth-order valence-electron chi connectivity index (χ4n) is 3.48. The number of nitrogens with two attached hydrogens (primary N) is 1. The summed E-state index contributed by atoms with van der Waals surface area (Å²) in [6.07, 6.45) is 8.36. The van der Waals surface area contributed by atoms with E-state index in [0.29, 0.717) is 12.1 Å². The Morgan fingerprint density at radius 3 is 2.06 bits per heavy atom. The van der Waals surface area contributed by atoms with Gasteiger partial charge in [-0.1, -0.05) is 60.7 Å². The molecule has 3 aromatic carbocycles. The number of rotatable bonds is 6. The molecule has 0 spiro atoms. The van der Waals surface area contributed by atoms with Crippen molar-refractivity contribution in [2.24, 2.45) is 0 Å². The SMILES string of the molecule is O=C(Nc1ccccc1)c1cc(C(=O)NC2C=CC=CC2)cc(C(=O)[NH2+]c2ccccc2)c1. The molecule has 3 aromatic rings. The summed E-state index contributed by atoms with van der Waals surface area (Å²) >= 11 is 0. The van der Waals surface area contributed by atoms with Crippen molar-refractivity contribution in [1.82, 2.24) is 5.32 Å². The molecular formula is C27H24N3O3+. The lowest BCUT2D eigenvalue weighted by Gasteiger charge is -2.16. The lowest BCUT2D eigenvalue weighted by molar-refractivity contribution is -0.464. The molecular weight excluding hydrogens is 414 g/mol. The molecule has 0 saturated carbocycles. The zero-order valence-corrected chi connectivity index (χ0v) is 17.9. The van der Waals surface area contributed by atoms with Crippen LogP contribution in [0.2, 0.25) is 0 Å². The van der Waals surface area contributed by atoms with E-state index in [-0.39, 0.29) is 34.5 Å². The first-order valence-corrected chi connectivity index (χ1v) is 10.7. The number of allylic oxidation sites excluding steroid dienone is 2.